The lowest BCUT2D eigenvalue weighted by Gasteiger charge is -2.37. The Labute approximate surface area is 246 Å². The fourth-order valence-corrected chi connectivity index (χ4v) is 7.02. The van der Waals surface area contributed by atoms with Crippen molar-refractivity contribution in [2.24, 2.45) is 5.73 Å². The molecule has 0 bridgehead atoms. The van der Waals surface area contributed by atoms with Crippen molar-refractivity contribution in [2.45, 2.75) is 60.2 Å². The monoisotopic (exact) mass is 605 g/mol. The van der Waals surface area contributed by atoms with E-state index in [1.165, 1.54) is 35.1 Å². The van der Waals surface area contributed by atoms with Gasteiger partial charge in [0.25, 0.3) is 0 Å². The maximum Gasteiger partial charge on any atom is 0.416 e. The van der Waals surface area contributed by atoms with Crippen molar-refractivity contribution >= 4 is 48.0 Å². The first-order valence-electron chi connectivity index (χ1n) is 13.4. The predicted octanol–water partition coefficient (Wildman–Crippen LogP) is 5.97. The van der Waals surface area contributed by atoms with Gasteiger partial charge in [0.2, 0.25) is 0 Å². The highest BCUT2D eigenvalue weighted by atomic mass is 35.5. The predicted molar refractivity (Wildman–Crippen MR) is 160 cm³/mol. The largest absolute Gasteiger partial charge is 0.416 e. The molecule has 2 saturated heterocycles. The molecule has 0 atom stereocenters. The number of benzene rings is 2. The molecular formula is C28H40Cl2F3N5S. The van der Waals surface area contributed by atoms with E-state index in [-0.39, 0.29) is 30.9 Å². The van der Waals surface area contributed by atoms with Gasteiger partial charge in [-0.2, -0.15) is 13.2 Å². The van der Waals surface area contributed by atoms with E-state index < -0.39 is 11.7 Å². The van der Waals surface area contributed by atoms with E-state index in [9.17, 15) is 13.2 Å². The number of anilines is 2. The molecule has 3 aliphatic rings. The number of alkyl halides is 3. The molecule has 0 saturated carbocycles. The SMILES string of the molecule is CN(C)C1CCN(c2ccc3c(c2)Sc2cc(C(F)(F)F)cc(NC4CCN(CCN)CC4)c2C3)CC1.Cl.Cl. The number of nitrogens with zero attached hydrogens (tertiary/aromatic N) is 3. The summed E-state index contributed by atoms with van der Waals surface area (Å²) in [6.07, 6.45) is 0.318. The minimum Gasteiger partial charge on any atom is -0.382 e. The van der Waals surface area contributed by atoms with Crippen molar-refractivity contribution < 1.29 is 13.2 Å². The number of hydrogen-bond donors (Lipinski definition) is 2. The highest BCUT2D eigenvalue weighted by Crippen LogP contribution is 2.46. The first kappa shape index (κ1) is 32.2. The molecule has 3 heterocycles. The summed E-state index contributed by atoms with van der Waals surface area (Å²) in [4.78, 5) is 8.82. The van der Waals surface area contributed by atoms with Crippen LogP contribution in [-0.2, 0) is 12.6 Å². The molecule has 0 aromatic heterocycles. The van der Waals surface area contributed by atoms with Crippen LogP contribution >= 0.6 is 36.6 Å². The number of nitrogens with one attached hydrogen (secondary N) is 1. The highest BCUT2D eigenvalue weighted by Gasteiger charge is 2.34. The van der Waals surface area contributed by atoms with Crippen molar-refractivity contribution in [3.63, 3.8) is 0 Å². The average molecular weight is 607 g/mol. The van der Waals surface area contributed by atoms with Gasteiger partial charge in [-0.15, -0.1) is 24.8 Å². The Balaban J connectivity index is 0.00000210. The number of likely N-dealkylation sites (tertiary alicyclic amines) is 1. The molecule has 2 aromatic rings. The summed E-state index contributed by atoms with van der Waals surface area (Å²) in [5.41, 5.74) is 9.08. The smallest absolute Gasteiger partial charge is 0.382 e. The van der Waals surface area contributed by atoms with Crippen molar-refractivity contribution in [2.75, 3.05) is 63.6 Å². The standard InChI is InChI=1S/C28H38F3N5S.2ClH/c1-34(2)22-7-12-36(13-8-22)23-4-3-19-15-24-25(33-21-5-10-35(11-6-21)14-9-32)16-20(28(29,30)31)17-27(24)37-26(19)18-23;;/h3-4,16-18,21-22,33H,5-15,32H2,1-2H3;2*1H. The Morgan fingerprint density at radius 1 is 0.974 bits per heavy atom. The quantitative estimate of drug-likeness (QED) is 0.361. The van der Waals surface area contributed by atoms with E-state index >= 15 is 0 Å². The van der Waals surface area contributed by atoms with E-state index in [4.69, 9.17) is 5.73 Å². The summed E-state index contributed by atoms with van der Waals surface area (Å²) in [5.74, 6) is 0. The summed E-state index contributed by atoms with van der Waals surface area (Å²) < 4.78 is 41.6. The molecule has 0 amide bonds. The second-order valence-electron chi connectivity index (χ2n) is 10.8. The molecule has 2 aromatic carbocycles. The van der Waals surface area contributed by atoms with Gasteiger partial charge in [0, 0.05) is 78.9 Å². The Morgan fingerprint density at radius 3 is 2.28 bits per heavy atom. The van der Waals surface area contributed by atoms with E-state index in [2.05, 4.69) is 52.3 Å². The summed E-state index contributed by atoms with van der Waals surface area (Å²) in [5, 5.41) is 3.51. The maximum atomic E-state index is 13.9. The summed E-state index contributed by atoms with van der Waals surface area (Å²) in [6.45, 7) is 5.34. The van der Waals surface area contributed by atoms with Gasteiger partial charge in [-0.1, -0.05) is 17.8 Å². The molecule has 3 aliphatic heterocycles. The zero-order valence-corrected chi connectivity index (χ0v) is 25.0. The first-order chi connectivity index (χ1) is 17.7. The molecule has 5 rings (SSSR count). The molecule has 0 aliphatic carbocycles. The molecule has 3 N–H and O–H groups in total. The van der Waals surface area contributed by atoms with Gasteiger partial charge >= 0.3 is 6.18 Å². The van der Waals surface area contributed by atoms with Crippen LogP contribution in [0.2, 0.25) is 0 Å². The van der Waals surface area contributed by atoms with Crippen LogP contribution in [-0.4, -0.2) is 75.2 Å². The zero-order valence-electron chi connectivity index (χ0n) is 22.6. The van der Waals surface area contributed by atoms with Gasteiger partial charge in [-0.05, 0) is 75.2 Å². The second-order valence-corrected chi connectivity index (χ2v) is 11.9. The van der Waals surface area contributed by atoms with Crippen LogP contribution in [0, 0.1) is 0 Å². The van der Waals surface area contributed by atoms with Crippen LogP contribution in [0.3, 0.4) is 0 Å². The Morgan fingerprint density at radius 2 is 1.67 bits per heavy atom. The fraction of sp³-hybridized carbons (Fsp3) is 0.571. The van der Waals surface area contributed by atoms with Crippen molar-refractivity contribution in [1.29, 1.82) is 0 Å². The minimum absolute atomic E-state index is 0. The number of fused-ring (bicyclic) bond motifs is 2. The van der Waals surface area contributed by atoms with Crippen LogP contribution in [0.1, 0.15) is 42.4 Å². The molecule has 39 heavy (non-hydrogen) atoms. The third-order valence-electron chi connectivity index (χ3n) is 8.13. The fourth-order valence-electron chi connectivity index (χ4n) is 5.84. The third kappa shape index (κ3) is 7.49. The average Bonchev–Trinajstić information content (AvgIpc) is 2.88. The number of halogens is 5. The lowest BCUT2D eigenvalue weighted by atomic mass is 9.97. The molecular weight excluding hydrogens is 566 g/mol. The molecule has 218 valence electrons. The lowest BCUT2D eigenvalue weighted by Crippen LogP contribution is -2.42. The number of hydrogen-bond acceptors (Lipinski definition) is 6. The first-order valence-corrected chi connectivity index (χ1v) is 14.2. The topological polar surface area (TPSA) is 47.8 Å². The normalized spacial score (nSPS) is 18.7. The van der Waals surface area contributed by atoms with E-state index in [0.29, 0.717) is 29.6 Å². The number of nitrogens with two attached hydrogens (primary N) is 1. The van der Waals surface area contributed by atoms with E-state index in [0.717, 1.165) is 68.9 Å². The van der Waals surface area contributed by atoms with Crippen LogP contribution < -0.4 is 16.0 Å². The van der Waals surface area contributed by atoms with Crippen molar-refractivity contribution in [1.82, 2.24) is 9.80 Å². The molecule has 2 fully saturated rings. The molecule has 0 radical (unpaired) electrons. The summed E-state index contributed by atoms with van der Waals surface area (Å²) in [6, 6.07) is 9.97. The van der Waals surface area contributed by atoms with Gasteiger partial charge < -0.3 is 25.8 Å². The van der Waals surface area contributed by atoms with Crippen molar-refractivity contribution in [3.05, 3.63) is 47.0 Å². The third-order valence-corrected chi connectivity index (χ3v) is 9.31. The van der Waals surface area contributed by atoms with Crippen LogP contribution in [0.25, 0.3) is 0 Å². The van der Waals surface area contributed by atoms with Gasteiger partial charge in [0.05, 0.1) is 5.56 Å². The van der Waals surface area contributed by atoms with Gasteiger partial charge in [0.15, 0.2) is 0 Å². The van der Waals surface area contributed by atoms with E-state index in [1.807, 2.05) is 0 Å². The molecule has 5 nitrogen and oxygen atoms in total. The van der Waals surface area contributed by atoms with Crippen LogP contribution in [0.15, 0.2) is 40.1 Å². The molecule has 11 heteroatoms. The molecule has 0 spiro atoms. The lowest BCUT2D eigenvalue weighted by molar-refractivity contribution is -0.137. The Bertz CT molecular complexity index is 1100. The number of rotatable bonds is 6. The van der Waals surface area contributed by atoms with Gasteiger partial charge in [0.1, 0.15) is 0 Å². The van der Waals surface area contributed by atoms with E-state index in [1.54, 1.807) is 0 Å². The highest BCUT2D eigenvalue weighted by molar-refractivity contribution is 7.99. The van der Waals surface area contributed by atoms with Crippen LogP contribution in [0.5, 0.6) is 0 Å². The summed E-state index contributed by atoms with van der Waals surface area (Å²) >= 11 is 1.48. The Hall–Kier alpha value is -1.36. The number of piperidine rings is 2. The van der Waals surface area contributed by atoms with Gasteiger partial charge in [-0.3, -0.25) is 0 Å². The zero-order chi connectivity index (χ0) is 26.2. The second kappa shape index (κ2) is 13.5. The Kier molecular flexibility index (Phi) is 11.2. The summed E-state index contributed by atoms with van der Waals surface area (Å²) in [7, 11) is 4.27. The molecule has 0 unspecified atom stereocenters. The van der Waals surface area contributed by atoms with Crippen molar-refractivity contribution in [3.8, 4) is 0 Å². The maximum absolute atomic E-state index is 13.9. The van der Waals surface area contributed by atoms with Crippen LogP contribution in [0.4, 0.5) is 24.5 Å². The minimum atomic E-state index is -4.38. The van der Waals surface area contributed by atoms with Gasteiger partial charge in [-0.25, -0.2) is 0 Å².